The van der Waals surface area contributed by atoms with E-state index in [4.69, 9.17) is 0 Å². The summed E-state index contributed by atoms with van der Waals surface area (Å²) in [6.45, 7) is 1.39. The molecule has 0 aliphatic heterocycles. The molecule has 1 rings (SSSR count). The number of carbonyl (C=O) groups excluding carboxylic acids is 1. The Hall–Kier alpha value is -1.10. The minimum absolute atomic E-state index is 0.181. The van der Waals surface area contributed by atoms with Crippen molar-refractivity contribution in [1.29, 1.82) is 0 Å². The van der Waals surface area contributed by atoms with Crippen LogP contribution in [0, 0.1) is 0 Å². The van der Waals surface area contributed by atoms with E-state index in [9.17, 15) is 13.6 Å². The molecule has 0 atom stereocenters. The third-order valence-corrected chi connectivity index (χ3v) is 2.12. The SMILES string of the molecule is CC(=O)Nc1ccc(SC(F)F)cc1. The Morgan fingerprint density at radius 3 is 2.36 bits per heavy atom. The van der Waals surface area contributed by atoms with Crippen LogP contribution in [0.3, 0.4) is 0 Å². The second-order valence-electron chi connectivity index (χ2n) is 2.58. The Morgan fingerprint density at radius 2 is 1.93 bits per heavy atom. The molecule has 0 aliphatic rings. The first-order valence-corrected chi connectivity index (χ1v) is 4.78. The summed E-state index contributed by atoms with van der Waals surface area (Å²) >= 11 is 0.480. The molecule has 2 nitrogen and oxygen atoms in total. The molecule has 14 heavy (non-hydrogen) atoms. The Balaban J connectivity index is 2.63. The van der Waals surface area contributed by atoms with Gasteiger partial charge in [0, 0.05) is 17.5 Å². The summed E-state index contributed by atoms with van der Waals surface area (Å²) in [7, 11) is 0. The van der Waals surface area contributed by atoms with E-state index in [1.807, 2.05) is 0 Å². The summed E-state index contributed by atoms with van der Waals surface area (Å²) in [5.74, 6) is -2.60. The Morgan fingerprint density at radius 1 is 1.36 bits per heavy atom. The van der Waals surface area contributed by atoms with Crippen LogP contribution in [0.2, 0.25) is 0 Å². The number of hydrogen-bond donors (Lipinski definition) is 1. The van der Waals surface area contributed by atoms with Gasteiger partial charge in [-0.05, 0) is 24.3 Å². The van der Waals surface area contributed by atoms with Gasteiger partial charge in [0.2, 0.25) is 5.91 Å². The maximum absolute atomic E-state index is 11.9. The average molecular weight is 217 g/mol. The van der Waals surface area contributed by atoms with Crippen molar-refractivity contribution in [3.8, 4) is 0 Å². The molecule has 1 aromatic rings. The second-order valence-corrected chi connectivity index (χ2v) is 3.65. The normalized spacial score (nSPS) is 10.3. The largest absolute Gasteiger partial charge is 0.326 e. The van der Waals surface area contributed by atoms with Crippen molar-refractivity contribution in [2.75, 3.05) is 5.32 Å². The molecule has 1 aromatic carbocycles. The van der Waals surface area contributed by atoms with Gasteiger partial charge in [0.15, 0.2) is 0 Å². The number of rotatable bonds is 3. The van der Waals surface area contributed by atoms with Gasteiger partial charge in [-0.25, -0.2) is 0 Å². The van der Waals surface area contributed by atoms with E-state index in [-0.39, 0.29) is 5.91 Å². The standard InChI is InChI=1S/C9H9F2NOS/c1-6(13)12-7-2-4-8(5-3-7)14-9(10)11/h2-5,9H,1H3,(H,12,13). The molecule has 0 saturated heterocycles. The van der Waals surface area contributed by atoms with E-state index < -0.39 is 5.76 Å². The van der Waals surface area contributed by atoms with Crippen LogP contribution in [0.4, 0.5) is 14.5 Å². The van der Waals surface area contributed by atoms with Gasteiger partial charge in [0.05, 0.1) is 0 Å². The molecule has 0 heterocycles. The molecule has 0 spiro atoms. The molecular formula is C9H9F2NOS. The minimum Gasteiger partial charge on any atom is -0.326 e. The van der Waals surface area contributed by atoms with Gasteiger partial charge in [0.25, 0.3) is 5.76 Å². The highest BCUT2D eigenvalue weighted by Gasteiger charge is 2.04. The first-order chi connectivity index (χ1) is 6.58. The first-order valence-electron chi connectivity index (χ1n) is 3.90. The molecule has 0 aliphatic carbocycles. The number of anilines is 1. The van der Waals surface area contributed by atoms with Gasteiger partial charge in [-0.15, -0.1) is 0 Å². The first kappa shape index (κ1) is 11.0. The predicted octanol–water partition coefficient (Wildman–Crippen LogP) is 2.96. The number of thioether (sulfide) groups is 1. The van der Waals surface area contributed by atoms with E-state index in [2.05, 4.69) is 5.32 Å². The Bertz CT molecular complexity index is 313. The van der Waals surface area contributed by atoms with Gasteiger partial charge < -0.3 is 5.32 Å². The van der Waals surface area contributed by atoms with Crippen LogP contribution in [-0.4, -0.2) is 11.7 Å². The molecule has 0 aromatic heterocycles. The summed E-state index contributed by atoms with van der Waals surface area (Å²) in [5, 5.41) is 2.55. The molecule has 1 amide bonds. The molecule has 0 unspecified atom stereocenters. The third-order valence-electron chi connectivity index (χ3n) is 1.40. The van der Waals surface area contributed by atoms with E-state index in [0.717, 1.165) is 0 Å². The quantitative estimate of drug-likeness (QED) is 0.788. The number of benzene rings is 1. The zero-order valence-corrected chi connectivity index (χ0v) is 8.28. The van der Waals surface area contributed by atoms with Crippen molar-refractivity contribution < 1.29 is 13.6 Å². The van der Waals surface area contributed by atoms with Crippen LogP contribution in [-0.2, 0) is 4.79 Å². The highest BCUT2D eigenvalue weighted by Crippen LogP contribution is 2.25. The van der Waals surface area contributed by atoms with E-state index in [1.54, 1.807) is 24.3 Å². The summed E-state index contributed by atoms with van der Waals surface area (Å²) in [5.41, 5.74) is 0.608. The molecule has 1 N–H and O–H groups in total. The minimum atomic E-state index is -2.42. The second kappa shape index (κ2) is 4.95. The van der Waals surface area contributed by atoms with Crippen molar-refractivity contribution in [2.45, 2.75) is 17.6 Å². The van der Waals surface area contributed by atoms with Crippen LogP contribution in [0.5, 0.6) is 0 Å². The van der Waals surface area contributed by atoms with Crippen LogP contribution >= 0.6 is 11.8 Å². The summed E-state index contributed by atoms with van der Waals surface area (Å²) in [6, 6.07) is 6.27. The van der Waals surface area contributed by atoms with Crippen molar-refractivity contribution in [3.63, 3.8) is 0 Å². The fraction of sp³-hybridized carbons (Fsp3) is 0.222. The number of halogens is 2. The molecule has 5 heteroatoms. The lowest BCUT2D eigenvalue weighted by Gasteiger charge is -2.03. The molecule has 0 bridgehead atoms. The maximum Gasteiger partial charge on any atom is 0.288 e. The zero-order valence-electron chi connectivity index (χ0n) is 7.46. The van der Waals surface area contributed by atoms with Gasteiger partial charge in [0.1, 0.15) is 0 Å². The lowest BCUT2D eigenvalue weighted by atomic mass is 10.3. The molecular weight excluding hydrogens is 208 g/mol. The summed E-state index contributed by atoms with van der Waals surface area (Å²) < 4.78 is 23.8. The summed E-state index contributed by atoms with van der Waals surface area (Å²) in [6.07, 6.45) is 0. The Labute approximate surface area is 84.7 Å². The highest BCUT2D eigenvalue weighted by molar-refractivity contribution is 7.99. The van der Waals surface area contributed by atoms with Gasteiger partial charge in [-0.2, -0.15) is 8.78 Å². The van der Waals surface area contributed by atoms with Crippen LogP contribution in [0.15, 0.2) is 29.2 Å². The number of amides is 1. The lowest BCUT2D eigenvalue weighted by molar-refractivity contribution is -0.114. The number of hydrogen-bond acceptors (Lipinski definition) is 2. The smallest absolute Gasteiger partial charge is 0.288 e. The van der Waals surface area contributed by atoms with Crippen LogP contribution < -0.4 is 5.32 Å². The van der Waals surface area contributed by atoms with Gasteiger partial charge in [-0.3, -0.25) is 4.79 Å². The zero-order chi connectivity index (χ0) is 10.6. The van der Waals surface area contributed by atoms with E-state index in [0.29, 0.717) is 22.3 Å². The Kier molecular flexibility index (Phi) is 3.88. The van der Waals surface area contributed by atoms with Crippen LogP contribution in [0.1, 0.15) is 6.92 Å². The third kappa shape index (κ3) is 3.74. The monoisotopic (exact) mass is 217 g/mol. The van der Waals surface area contributed by atoms with Crippen LogP contribution in [0.25, 0.3) is 0 Å². The van der Waals surface area contributed by atoms with Gasteiger partial charge >= 0.3 is 0 Å². The number of alkyl halides is 2. The average Bonchev–Trinajstić information content (AvgIpc) is 2.06. The van der Waals surface area contributed by atoms with E-state index >= 15 is 0 Å². The van der Waals surface area contributed by atoms with Crippen molar-refractivity contribution in [3.05, 3.63) is 24.3 Å². The summed E-state index contributed by atoms with van der Waals surface area (Å²) in [4.78, 5) is 11.1. The van der Waals surface area contributed by atoms with Crippen molar-refractivity contribution >= 4 is 23.4 Å². The molecule has 0 radical (unpaired) electrons. The molecule has 0 saturated carbocycles. The number of nitrogens with one attached hydrogen (secondary N) is 1. The highest BCUT2D eigenvalue weighted by atomic mass is 32.2. The molecule has 76 valence electrons. The van der Waals surface area contributed by atoms with Crippen molar-refractivity contribution in [2.24, 2.45) is 0 Å². The lowest BCUT2D eigenvalue weighted by Crippen LogP contribution is -2.05. The predicted molar refractivity (Wildman–Crippen MR) is 52.6 cm³/mol. The van der Waals surface area contributed by atoms with E-state index in [1.165, 1.54) is 6.92 Å². The number of carbonyl (C=O) groups is 1. The fourth-order valence-corrected chi connectivity index (χ4v) is 1.42. The fourth-order valence-electron chi connectivity index (χ4n) is 0.923. The topological polar surface area (TPSA) is 29.1 Å². The maximum atomic E-state index is 11.9. The molecule has 0 fully saturated rings. The van der Waals surface area contributed by atoms with Gasteiger partial charge in [-0.1, -0.05) is 11.8 Å². The van der Waals surface area contributed by atoms with Crippen molar-refractivity contribution in [1.82, 2.24) is 0 Å².